The molecular formula is C9H15N. The summed E-state index contributed by atoms with van der Waals surface area (Å²) in [7, 11) is 0. The first-order valence-corrected chi connectivity index (χ1v) is 3.89. The summed E-state index contributed by atoms with van der Waals surface area (Å²) in [6.45, 7) is 8.65. The molecule has 0 aromatic heterocycles. The van der Waals surface area contributed by atoms with E-state index in [9.17, 15) is 0 Å². The molecule has 1 heteroatoms. The van der Waals surface area contributed by atoms with Crippen LogP contribution in [0.2, 0.25) is 0 Å². The molecule has 0 aliphatic carbocycles. The van der Waals surface area contributed by atoms with Gasteiger partial charge in [-0.25, -0.2) is 0 Å². The zero-order valence-electron chi connectivity index (χ0n) is 7.02. The highest BCUT2D eigenvalue weighted by molar-refractivity contribution is 5.01. The summed E-state index contributed by atoms with van der Waals surface area (Å²) < 4.78 is 0. The molecule has 0 saturated carbocycles. The second kappa shape index (κ2) is 3.07. The summed E-state index contributed by atoms with van der Waals surface area (Å²) >= 11 is 0. The van der Waals surface area contributed by atoms with Gasteiger partial charge in [0.2, 0.25) is 0 Å². The molecule has 1 saturated heterocycles. The molecule has 0 spiro atoms. The second-order valence-corrected chi connectivity index (χ2v) is 3.07. The van der Waals surface area contributed by atoms with E-state index in [2.05, 4.69) is 30.6 Å². The van der Waals surface area contributed by atoms with Crippen molar-refractivity contribution in [2.75, 3.05) is 13.1 Å². The molecule has 1 heterocycles. The molecule has 10 heavy (non-hydrogen) atoms. The van der Waals surface area contributed by atoms with Crippen molar-refractivity contribution < 1.29 is 0 Å². The molecule has 0 radical (unpaired) electrons. The Labute approximate surface area is 63.4 Å². The van der Waals surface area contributed by atoms with E-state index in [1.807, 2.05) is 6.92 Å². The Balaban J connectivity index is 2.25. The maximum atomic E-state index is 3.08. The minimum atomic E-state index is 0.751. The zero-order chi connectivity index (χ0) is 7.56. The Bertz CT molecular complexity index is 163. The Hall–Kier alpha value is -0.480. The van der Waals surface area contributed by atoms with Crippen LogP contribution in [0.25, 0.3) is 0 Å². The standard InChI is InChI=1S/C9H15N/c1-4-5-6-10-7-8(2)9(10)3/h8-9H,6-7H2,1-3H3. The van der Waals surface area contributed by atoms with Gasteiger partial charge in [0.1, 0.15) is 0 Å². The lowest BCUT2D eigenvalue weighted by atomic mass is 9.92. The number of rotatable bonds is 1. The Morgan fingerprint density at radius 1 is 1.50 bits per heavy atom. The number of hydrogen-bond donors (Lipinski definition) is 0. The van der Waals surface area contributed by atoms with Crippen molar-refractivity contribution in [3.05, 3.63) is 0 Å². The van der Waals surface area contributed by atoms with E-state index in [1.165, 1.54) is 6.54 Å². The number of likely N-dealkylation sites (tertiary alicyclic amines) is 1. The van der Waals surface area contributed by atoms with Gasteiger partial charge in [0.05, 0.1) is 6.54 Å². The summed E-state index contributed by atoms with van der Waals surface area (Å²) in [4.78, 5) is 2.40. The summed E-state index contributed by atoms with van der Waals surface area (Å²) in [5.41, 5.74) is 0. The van der Waals surface area contributed by atoms with E-state index < -0.39 is 0 Å². The predicted molar refractivity (Wildman–Crippen MR) is 43.6 cm³/mol. The lowest BCUT2D eigenvalue weighted by Gasteiger charge is -2.43. The normalized spacial score (nSPS) is 32.3. The molecule has 56 valence electrons. The second-order valence-electron chi connectivity index (χ2n) is 3.07. The fourth-order valence-electron chi connectivity index (χ4n) is 1.30. The third kappa shape index (κ3) is 1.33. The zero-order valence-corrected chi connectivity index (χ0v) is 7.02. The van der Waals surface area contributed by atoms with Gasteiger partial charge in [0, 0.05) is 12.6 Å². The van der Waals surface area contributed by atoms with Gasteiger partial charge in [0.15, 0.2) is 0 Å². The van der Waals surface area contributed by atoms with Crippen LogP contribution in [0.3, 0.4) is 0 Å². The fraction of sp³-hybridized carbons (Fsp3) is 0.778. The third-order valence-corrected chi connectivity index (χ3v) is 2.38. The number of nitrogens with zero attached hydrogens (tertiary/aromatic N) is 1. The molecule has 1 nitrogen and oxygen atoms in total. The van der Waals surface area contributed by atoms with E-state index >= 15 is 0 Å². The van der Waals surface area contributed by atoms with Crippen molar-refractivity contribution in [3.8, 4) is 11.8 Å². The van der Waals surface area contributed by atoms with Crippen LogP contribution >= 0.6 is 0 Å². The third-order valence-electron chi connectivity index (χ3n) is 2.38. The molecule has 0 aromatic rings. The molecule has 0 bridgehead atoms. The molecular weight excluding hydrogens is 122 g/mol. The van der Waals surface area contributed by atoms with Gasteiger partial charge in [-0.3, -0.25) is 4.90 Å². The van der Waals surface area contributed by atoms with Crippen molar-refractivity contribution in [1.82, 2.24) is 4.90 Å². The summed E-state index contributed by atoms with van der Waals surface area (Å²) in [5, 5.41) is 0. The highest BCUT2D eigenvalue weighted by Gasteiger charge is 2.30. The lowest BCUT2D eigenvalue weighted by molar-refractivity contribution is 0.0534. The van der Waals surface area contributed by atoms with Crippen LogP contribution in [0.15, 0.2) is 0 Å². The fourth-order valence-corrected chi connectivity index (χ4v) is 1.30. The van der Waals surface area contributed by atoms with E-state index in [0.717, 1.165) is 18.5 Å². The first-order valence-electron chi connectivity index (χ1n) is 3.89. The topological polar surface area (TPSA) is 3.24 Å². The van der Waals surface area contributed by atoms with Crippen molar-refractivity contribution in [3.63, 3.8) is 0 Å². The van der Waals surface area contributed by atoms with Crippen molar-refractivity contribution >= 4 is 0 Å². The van der Waals surface area contributed by atoms with Gasteiger partial charge in [-0.15, -0.1) is 5.92 Å². The highest BCUT2D eigenvalue weighted by atomic mass is 15.2. The average molecular weight is 137 g/mol. The molecule has 0 aromatic carbocycles. The summed E-state index contributed by atoms with van der Waals surface area (Å²) in [6.07, 6.45) is 0. The first kappa shape index (κ1) is 7.63. The lowest BCUT2D eigenvalue weighted by Crippen LogP contribution is -2.53. The van der Waals surface area contributed by atoms with E-state index in [4.69, 9.17) is 0 Å². The molecule has 2 unspecified atom stereocenters. The van der Waals surface area contributed by atoms with Gasteiger partial charge in [-0.05, 0) is 19.8 Å². The Morgan fingerprint density at radius 2 is 2.20 bits per heavy atom. The molecule has 1 aliphatic rings. The maximum Gasteiger partial charge on any atom is 0.0603 e. The van der Waals surface area contributed by atoms with Crippen LogP contribution in [-0.2, 0) is 0 Å². The quantitative estimate of drug-likeness (QED) is 0.493. The van der Waals surface area contributed by atoms with E-state index in [1.54, 1.807) is 0 Å². The summed E-state index contributed by atoms with van der Waals surface area (Å²) in [6, 6.07) is 0.751. The largest absolute Gasteiger partial charge is 0.289 e. The molecule has 2 atom stereocenters. The molecule has 1 rings (SSSR count). The van der Waals surface area contributed by atoms with E-state index in [-0.39, 0.29) is 0 Å². The molecule has 1 aliphatic heterocycles. The van der Waals surface area contributed by atoms with Crippen molar-refractivity contribution in [2.24, 2.45) is 5.92 Å². The van der Waals surface area contributed by atoms with E-state index in [0.29, 0.717) is 0 Å². The van der Waals surface area contributed by atoms with Crippen LogP contribution in [0.4, 0.5) is 0 Å². The smallest absolute Gasteiger partial charge is 0.0603 e. The van der Waals surface area contributed by atoms with Gasteiger partial charge in [-0.1, -0.05) is 12.8 Å². The average Bonchev–Trinajstić information content (AvgIpc) is 1.97. The van der Waals surface area contributed by atoms with Gasteiger partial charge < -0.3 is 0 Å². The highest BCUT2D eigenvalue weighted by Crippen LogP contribution is 2.22. The van der Waals surface area contributed by atoms with Crippen LogP contribution in [0, 0.1) is 17.8 Å². The van der Waals surface area contributed by atoms with Gasteiger partial charge in [0.25, 0.3) is 0 Å². The van der Waals surface area contributed by atoms with Crippen LogP contribution < -0.4 is 0 Å². The monoisotopic (exact) mass is 137 g/mol. The van der Waals surface area contributed by atoms with Crippen LogP contribution in [0.5, 0.6) is 0 Å². The number of hydrogen-bond acceptors (Lipinski definition) is 1. The maximum absolute atomic E-state index is 3.08. The first-order chi connectivity index (χ1) is 4.75. The van der Waals surface area contributed by atoms with Crippen molar-refractivity contribution in [1.29, 1.82) is 0 Å². The van der Waals surface area contributed by atoms with Crippen molar-refractivity contribution in [2.45, 2.75) is 26.8 Å². The predicted octanol–water partition coefficient (Wildman–Crippen LogP) is 1.35. The van der Waals surface area contributed by atoms with Crippen LogP contribution in [-0.4, -0.2) is 24.0 Å². The minimum absolute atomic E-state index is 0.751. The van der Waals surface area contributed by atoms with Gasteiger partial charge in [-0.2, -0.15) is 0 Å². The van der Waals surface area contributed by atoms with Gasteiger partial charge >= 0.3 is 0 Å². The van der Waals surface area contributed by atoms with Crippen LogP contribution in [0.1, 0.15) is 20.8 Å². The molecule has 0 N–H and O–H groups in total. The Morgan fingerprint density at radius 3 is 2.60 bits per heavy atom. The molecule has 0 amide bonds. The Kier molecular flexibility index (Phi) is 2.34. The SMILES string of the molecule is CC#CCN1CC(C)C1C. The summed E-state index contributed by atoms with van der Waals surface area (Å²) in [5.74, 6) is 6.86. The minimum Gasteiger partial charge on any atom is -0.289 e. The molecule has 1 fully saturated rings.